The maximum atomic E-state index is 13.5. The largest absolute Gasteiger partial charge is 0.345 e. The third kappa shape index (κ3) is 5.19. The van der Waals surface area contributed by atoms with Crippen LogP contribution in [0, 0.1) is 5.82 Å². The molecule has 5 heteroatoms. The van der Waals surface area contributed by atoms with Gasteiger partial charge in [0.25, 0.3) is 5.91 Å². The summed E-state index contributed by atoms with van der Waals surface area (Å²) in [5.74, 6) is -0.223. The van der Waals surface area contributed by atoms with Crippen molar-refractivity contribution >= 4 is 17.4 Å². The molecule has 2 N–H and O–H groups in total. The number of hydrogen-bond acceptors (Lipinski definition) is 3. The van der Waals surface area contributed by atoms with Crippen molar-refractivity contribution in [3.63, 3.8) is 0 Å². The van der Waals surface area contributed by atoms with Crippen LogP contribution in [0.2, 0.25) is 0 Å². The molecule has 0 bridgehead atoms. The number of carbonyl (C=O) groups excluding carboxylic acids is 1. The fraction of sp³-hybridized carbons (Fsp3) is 0.250. The second kappa shape index (κ2) is 8.43. The normalized spacial score (nSPS) is 12.3. The van der Waals surface area contributed by atoms with E-state index in [9.17, 15) is 9.18 Å². The molecule has 0 radical (unpaired) electrons. The van der Waals surface area contributed by atoms with Crippen molar-refractivity contribution in [2.45, 2.75) is 39.2 Å². The Morgan fingerprint density at radius 3 is 2.41 bits per heavy atom. The van der Waals surface area contributed by atoms with E-state index in [0.29, 0.717) is 17.1 Å². The molecule has 0 aliphatic rings. The Bertz CT molecular complexity index is 994. The highest BCUT2D eigenvalue weighted by molar-refractivity contribution is 5.99. The first-order valence-corrected chi connectivity index (χ1v) is 9.63. The molecule has 0 aliphatic heterocycles. The number of pyridine rings is 1. The van der Waals surface area contributed by atoms with Crippen molar-refractivity contribution in [3.8, 4) is 0 Å². The van der Waals surface area contributed by atoms with Gasteiger partial charge in [0.15, 0.2) is 0 Å². The predicted molar refractivity (Wildman–Crippen MR) is 115 cm³/mol. The van der Waals surface area contributed by atoms with Crippen LogP contribution < -0.4 is 10.6 Å². The molecule has 0 spiro atoms. The van der Waals surface area contributed by atoms with E-state index in [0.717, 1.165) is 5.56 Å². The monoisotopic (exact) mass is 391 g/mol. The minimum absolute atomic E-state index is 0.0816. The highest BCUT2D eigenvalue weighted by atomic mass is 19.1. The van der Waals surface area contributed by atoms with Crippen LogP contribution in [0.1, 0.15) is 55.2 Å². The SMILES string of the molecule is CC(NC(=O)c1cccnc1Nc1cccc(F)c1)c1ccc(C(C)(C)C)cc1. The lowest BCUT2D eigenvalue weighted by Crippen LogP contribution is -2.27. The quantitative estimate of drug-likeness (QED) is 0.582. The van der Waals surface area contributed by atoms with Gasteiger partial charge in [-0.2, -0.15) is 0 Å². The number of halogens is 1. The van der Waals surface area contributed by atoms with Crippen molar-refractivity contribution < 1.29 is 9.18 Å². The molecule has 0 saturated carbocycles. The van der Waals surface area contributed by atoms with Crippen LogP contribution in [-0.2, 0) is 5.41 Å². The summed E-state index contributed by atoms with van der Waals surface area (Å²) in [7, 11) is 0. The molecule has 1 heterocycles. The standard InChI is InChI=1S/C24H26FN3O/c1-16(17-10-12-18(13-11-17)24(2,3)4)27-23(29)21-9-6-14-26-22(21)28-20-8-5-7-19(25)15-20/h5-16H,1-4H3,(H,26,28)(H,27,29). The minimum atomic E-state index is -0.357. The molecule has 0 saturated heterocycles. The van der Waals surface area contributed by atoms with Gasteiger partial charge in [-0.05, 0) is 53.8 Å². The van der Waals surface area contributed by atoms with Crippen molar-refractivity contribution in [1.29, 1.82) is 0 Å². The van der Waals surface area contributed by atoms with E-state index in [-0.39, 0.29) is 23.2 Å². The zero-order chi connectivity index (χ0) is 21.0. The molecule has 4 nitrogen and oxygen atoms in total. The Morgan fingerprint density at radius 2 is 1.76 bits per heavy atom. The van der Waals surface area contributed by atoms with E-state index in [4.69, 9.17) is 0 Å². The first-order valence-electron chi connectivity index (χ1n) is 9.63. The van der Waals surface area contributed by atoms with Gasteiger partial charge in [0, 0.05) is 11.9 Å². The lowest BCUT2D eigenvalue weighted by Gasteiger charge is -2.21. The van der Waals surface area contributed by atoms with E-state index >= 15 is 0 Å². The number of amides is 1. The van der Waals surface area contributed by atoms with E-state index < -0.39 is 0 Å². The first kappa shape index (κ1) is 20.5. The summed E-state index contributed by atoms with van der Waals surface area (Å²) in [6.07, 6.45) is 1.59. The molecule has 29 heavy (non-hydrogen) atoms. The van der Waals surface area contributed by atoms with Crippen molar-refractivity contribution in [3.05, 3.63) is 89.4 Å². The van der Waals surface area contributed by atoms with Crippen LogP contribution in [0.15, 0.2) is 66.9 Å². The molecule has 1 aromatic heterocycles. The van der Waals surface area contributed by atoms with Crippen molar-refractivity contribution in [1.82, 2.24) is 10.3 Å². The minimum Gasteiger partial charge on any atom is -0.345 e. The highest BCUT2D eigenvalue weighted by Gasteiger charge is 2.17. The lowest BCUT2D eigenvalue weighted by molar-refractivity contribution is 0.0940. The molecule has 3 aromatic rings. The van der Waals surface area contributed by atoms with Gasteiger partial charge in [0.05, 0.1) is 11.6 Å². The molecule has 0 fully saturated rings. The van der Waals surface area contributed by atoms with E-state index in [1.165, 1.54) is 17.7 Å². The Kier molecular flexibility index (Phi) is 5.97. The summed E-state index contributed by atoms with van der Waals surface area (Å²) in [6.45, 7) is 8.45. The number of benzene rings is 2. The number of nitrogens with one attached hydrogen (secondary N) is 2. The smallest absolute Gasteiger partial charge is 0.255 e. The summed E-state index contributed by atoms with van der Waals surface area (Å²) >= 11 is 0. The van der Waals surface area contributed by atoms with Gasteiger partial charge in [-0.1, -0.05) is 51.1 Å². The molecule has 1 unspecified atom stereocenters. The second-order valence-electron chi connectivity index (χ2n) is 8.10. The van der Waals surface area contributed by atoms with Crippen LogP contribution in [0.25, 0.3) is 0 Å². The van der Waals surface area contributed by atoms with E-state index in [1.54, 1.807) is 30.5 Å². The second-order valence-corrected chi connectivity index (χ2v) is 8.10. The van der Waals surface area contributed by atoms with Gasteiger partial charge in [-0.3, -0.25) is 4.79 Å². The molecule has 1 amide bonds. The number of carbonyl (C=O) groups is 1. The van der Waals surface area contributed by atoms with Gasteiger partial charge in [0.2, 0.25) is 0 Å². The van der Waals surface area contributed by atoms with Gasteiger partial charge in [-0.25, -0.2) is 9.37 Å². The van der Waals surface area contributed by atoms with Crippen LogP contribution in [0.4, 0.5) is 15.9 Å². The lowest BCUT2D eigenvalue weighted by atomic mass is 9.86. The Labute approximate surface area is 171 Å². The number of nitrogens with zero attached hydrogens (tertiary/aromatic N) is 1. The molecular formula is C24H26FN3O. The van der Waals surface area contributed by atoms with Gasteiger partial charge < -0.3 is 10.6 Å². The molecular weight excluding hydrogens is 365 g/mol. The summed E-state index contributed by atoms with van der Waals surface area (Å²) < 4.78 is 13.5. The Hall–Kier alpha value is -3.21. The highest BCUT2D eigenvalue weighted by Crippen LogP contribution is 2.25. The van der Waals surface area contributed by atoms with Crippen LogP contribution >= 0.6 is 0 Å². The maximum Gasteiger partial charge on any atom is 0.255 e. The van der Waals surface area contributed by atoms with Crippen LogP contribution in [0.3, 0.4) is 0 Å². The van der Waals surface area contributed by atoms with Gasteiger partial charge in [-0.15, -0.1) is 0 Å². The molecule has 0 aliphatic carbocycles. The number of aromatic nitrogens is 1. The Morgan fingerprint density at radius 1 is 1.03 bits per heavy atom. The molecule has 150 valence electrons. The van der Waals surface area contributed by atoms with Crippen LogP contribution in [-0.4, -0.2) is 10.9 Å². The summed E-state index contributed by atoms with van der Waals surface area (Å²) in [4.78, 5) is 17.1. The third-order valence-electron chi connectivity index (χ3n) is 4.76. The summed E-state index contributed by atoms with van der Waals surface area (Å²) in [5, 5.41) is 6.03. The molecule has 3 rings (SSSR count). The molecule has 1 atom stereocenters. The maximum absolute atomic E-state index is 13.5. The van der Waals surface area contributed by atoms with Crippen LogP contribution in [0.5, 0.6) is 0 Å². The summed E-state index contributed by atoms with van der Waals surface area (Å²) in [6, 6.07) is 17.5. The average molecular weight is 391 g/mol. The topological polar surface area (TPSA) is 54.0 Å². The Balaban J connectivity index is 1.75. The van der Waals surface area contributed by atoms with Crippen molar-refractivity contribution in [2.75, 3.05) is 5.32 Å². The zero-order valence-corrected chi connectivity index (χ0v) is 17.2. The number of anilines is 2. The third-order valence-corrected chi connectivity index (χ3v) is 4.76. The van der Waals surface area contributed by atoms with Gasteiger partial charge in [0.1, 0.15) is 11.6 Å². The number of rotatable bonds is 5. The first-order chi connectivity index (χ1) is 13.7. The van der Waals surface area contributed by atoms with E-state index in [1.807, 2.05) is 19.1 Å². The number of hydrogen-bond donors (Lipinski definition) is 2. The fourth-order valence-electron chi connectivity index (χ4n) is 3.02. The summed E-state index contributed by atoms with van der Waals surface area (Å²) in [5.41, 5.74) is 3.28. The average Bonchev–Trinajstić information content (AvgIpc) is 2.68. The van der Waals surface area contributed by atoms with Gasteiger partial charge >= 0.3 is 0 Å². The molecule has 2 aromatic carbocycles. The van der Waals surface area contributed by atoms with Crippen molar-refractivity contribution in [2.24, 2.45) is 0 Å². The predicted octanol–water partition coefficient (Wildman–Crippen LogP) is 5.75. The zero-order valence-electron chi connectivity index (χ0n) is 17.2. The fourth-order valence-corrected chi connectivity index (χ4v) is 3.02. The van der Waals surface area contributed by atoms with E-state index in [2.05, 4.69) is 48.5 Å².